The topological polar surface area (TPSA) is 29.3 Å². The van der Waals surface area contributed by atoms with Gasteiger partial charge in [-0.2, -0.15) is 0 Å². The summed E-state index contributed by atoms with van der Waals surface area (Å²) in [6.07, 6.45) is 4.61. The van der Waals surface area contributed by atoms with Gasteiger partial charge >= 0.3 is 0 Å². The number of nitrogens with two attached hydrogens (primary N) is 1. The highest BCUT2D eigenvalue weighted by atomic mass is 19.1. The van der Waals surface area contributed by atoms with Crippen LogP contribution in [0.4, 0.5) is 4.39 Å². The number of hydrogen-bond acceptors (Lipinski definition) is 2. The van der Waals surface area contributed by atoms with Crippen molar-refractivity contribution >= 4 is 0 Å². The molecule has 1 atom stereocenters. The van der Waals surface area contributed by atoms with Crippen LogP contribution in [0.3, 0.4) is 0 Å². The summed E-state index contributed by atoms with van der Waals surface area (Å²) in [7, 11) is 0. The average Bonchev–Trinajstić information content (AvgIpc) is 2.42. The Bertz CT molecular complexity index is 382. The highest BCUT2D eigenvalue weighted by Crippen LogP contribution is 2.29. The van der Waals surface area contributed by atoms with Crippen molar-refractivity contribution in [2.24, 2.45) is 5.73 Å². The van der Waals surface area contributed by atoms with Gasteiger partial charge in [-0.1, -0.05) is 19.1 Å². The third-order valence-electron chi connectivity index (χ3n) is 4.43. The molecule has 0 radical (unpaired) electrons. The van der Waals surface area contributed by atoms with Gasteiger partial charge in [0.2, 0.25) is 0 Å². The molecular formula is C16H25FN2. The van der Waals surface area contributed by atoms with Gasteiger partial charge in [0.25, 0.3) is 0 Å². The van der Waals surface area contributed by atoms with Crippen LogP contribution in [0.5, 0.6) is 0 Å². The summed E-state index contributed by atoms with van der Waals surface area (Å²) in [5, 5.41) is 0. The fourth-order valence-corrected chi connectivity index (χ4v) is 3.21. The van der Waals surface area contributed by atoms with Crippen LogP contribution < -0.4 is 5.73 Å². The lowest BCUT2D eigenvalue weighted by Gasteiger charge is -2.39. The van der Waals surface area contributed by atoms with Gasteiger partial charge in [-0.05, 0) is 56.8 Å². The minimum Gasteiger partial charge on any atom is -0.328 e. The van der Waals surface area contributed by atoms with E-state index in [0.717, 1.165) is 19.4 Å². The number of hydrogen-bond donors (Lipinski definition) is 1. The molecular weight excluding hydrogens is 239 g/mol. The Labute approximate surface area is 115 Å². The lowest BCUT2D eigenvalue weighted by molar-refractivity contribution is 0.114. The minimum atomic E-state index is -0.164. The first-order valence-electron chi connectivity index (χ1n) is 7.38. The molecule has 0 spiro atoms. The second-order valence-corrected chi connectivity index (χ2v) is 5.63. The second-order valence-electron chi connectivity index (χ2n) is 5.63. The van der Waals surface area contributed by atoms with E-state index >= 15 is 0 Å². The zero-order valence-electron chi connectivity index (χ0n) is 12.0. The molecule has 0 heterocycles. The molecule has 1 saturated carbocycles. The van der Waals surface area contributed by atoms with Crippen molar-refractivity contribution in [2.45, 2.75) is 57.7 Å². The standard InChI is InChI=1S/C16H25FN2/c1-3-19(16-10-8-15(18)9-11-16)12(2)13-4-6-14(17)7-5-13/h4-7,12,15-16H,3,8-11,18H2,1-2H3. The molecule has 0 aliphatic heterocycles. The molecule has 106 valence electrons. The van der Waals surface area contributed by atoms with E-state index in [4.69, 9.17) is 5.73 Å². The van der Waals surface area contributed by atoms with Gasteiger partial charge in [0.1, 0.15) is 5.82 Å². The molecule has 2 N–H and O–H groups in total. The van der Waals surface area contributed by atoms with E-state index in [1.807, 2.05) is 12.1 Å². The van der Waals surface area contributed by atoms with Crippen LogP contribution in [0.25, 0.3) is 0 Å². The molecule has 1 aromatic rings. The van der Waals surface area contributed by atoms with E-state index in [-0.39, 0.29) is 5.82 Å². The number of rotatable bonds is 4. The summed E-state index contributed by atoms with van der Waals surface area (Å²) >= 11 is 0. The fraction of sp³-hybridized carbons (Fsp3) is 0.625. The Morgan fingerprint density at radius 1 is 1.21 bits per heavy atom. The molecule has 2 nitrogen and oxygen atoms in total. The average molecular weight is 264 g/mol. The summed E-state index contributed by atoms with van der Waals surface area (Å²) in [5.41, 5.74) is 7.17. The molecule has 0 aromatic heterocycles. The normalized spacial score (nSPS) is 25.5. The van der Waals surface area contributed by atoms with E-state index in [0.29, 0.717) is 18.1 Å². The van der Waals surface area contributed by atoms with E-state index < -0.39 is 0 Å². The largest absolute Gasteiger partial charge is 0.328 e. The van der Waals surface area contributed by atoms with Gasteiger partial charge in [0, 0.05) is 18.1 Å². The summed E-state index contributed by atoms with van der Waals surface area (Å²) in [6.45, 7) is 5.44. The molecule has 1 aromatic carbocycles. The van der Waals surface area contributed by atoms with Crippen LogP contribution in [0, 0.1) is 5.82 Å². The molecule has 1 aliphatic carbocycles. The predicted octanol–water partition coefficient (Wildman–Crippen LogP) is 3.48. The summed E-state index contributed by atoms with van der Waals surface area (Å²) in [4.78, 5) is 2.53. The first-order chi connectivity index (χ1) is 9.11. The maximum Gasteiger partial charge on any atom is 0.123 e. The second kappa shape index (κ2) is 6.49. The van der Waals surface area contributed by atoms with Crippen LogP contribution in [-0.4, -0.2) is 23.5 Å². The molecule has 2 rings (SSSR count). The molecule has 1 unspecified atom stereocenters. The zero-order chi connectivity index (χ0) is 13.8. The van der Waals surface area contributed by atoms with E-state index in [1.165, 1.54) is 18.4 Å². The third-order valence-corrected chi connectivity index (χ3v) is 4.43. The van der Waals surface area contributed by atoms with E-state index in [2.05, 4.69) is 18.7 Å². The Balaban J connectivity index is 2.06. The lowest BCUT2D eigenvalue weighted by Crippen LogP contribution is -2.42. The van der Waals surface area contributed by atoms with Gasteiger partial charge in [0.05, 0.1) is 0 Å². The molecule has 19 heavy (non-hydrogen) atoms. The van der Waals surface area contributed by atoms with Crippen LogP contribution in [0.1, 0.15) is 51.1 Å². The number of halogens is 1. The van der Waals surface area contributed by atoms with Crippen molar-refractivity contribution in [1.29, 1.82) is 0 Å². The quantitative estimate of drug-likeness (QED) is 0.902. The predicted molar refractivity (Wildman–Crippen MR) is 77.4 cm³/mol. The van der Waals surface area contributed by atoms with E-state index in [1.54, 1.807) is 12.1 Å². The van der Waals surface area contributed by atoms with Crippen molar-refractivity contribution in [3.05, 3.63) is 35.6 Å². The first-order valence-corrected chi connectivity index (χ1v) is 7.38. The highest BCUT2D eigenvalue weighted by Gasteiger charge is 2.26. The Morgan fingerprint density at radius 2 is 1.79 bits per heavy atom. The van der Waals surface area contributed by atoms with Gasteiger partial charge in [-0.3, -0.25) is 4.90 Å². The van der Waals surface area contributed by atoms with Crippen LogP contribution in [-0.2, 0) is 0 Å². The van der Waals surface area contributed by atoms with Gasteiger partial charge < -0.3 is 5.73 Å². The third kappa shape index (κ3) is 3.54. The SMILES string of the molecule is CCN(C1CCC(N)CC1)C(C)c1ccc(F)cc1. The smallest absolute Gasteiger partial charge is 0.123 e. The molecule has 0 saturated heterocycles. The monoisotopic (exact) mass is 264 g/mol. The van der Waals surface area contributed by atoms with Gasteiger partial charge in [-0.25, -0.2) is 4.39 Å². The number of benzene rings is 1. The summed E-state index contributed by atoms with van der Waals surface area (Å²) in [6, 6.07) is 8.24. The van der Waals surface area contributed by atoms with Crippen molar-refractivity contribution in [1.82, 2.24) is 4.90 Å². The van der Waals surface area contributed by atoms with Crippen molar-refractivity contribution < 1.29 is 4.39 Å². The van der Waals surface area contributed by atoms with E-state index in [9.17, 15) is 4.39 Å². The molecule has 3 heteroatoms. The molecule has 0 amide bonds. The Hall–Kier alpha value is -0.930. The minimum absolute atomic E-state index is 0.164. The zero-order valence-corrected chi connectivity index (χ0v) is 12.0. The molecule has 1 fully saturated rings. The first kappa shape index (κ1) is 14.5. The van der Waals surface area contributed by atoms with Crippen molar-refractivity contribution in [3.63, 3.8) is 0 Å². The maximum atomic E-state index is 13.0. The van der Waals surface area contributed by atoms with Gasteiger partial charge in [0.15, 0.2) is 0 Å². The summed E-state index contributed by atoms with van der Waals surface area (Å²) < 4.78 is 13.0. The van der Waals surface area contributed by atoms with Crippen LogP contribution in [0.15, 0.2) is 24.3 Å². The van der Waals surface area contributed by atoms with Crippen LogP contribution >= 0.6 is 0 Å². The van der Waals surface area contributed by atoms with Gasteiger partial charge in [-0.15, -0.1) is 0 Å². The fourth-order valence-electron chi connectivity index (χ4n) is 3.21. The Kier molecular flexibility index (Phi) is 4.94. The molecule has 1 aliphatic rings. The van der Waals surface area contributed by atoms with Crippen molar-refractivity contribution in [2.75, 3.05) is 6.54 Å². The summed E-state index contributed by atoms with van der Waals surface area (Å²) in [5.74, 6) is -0.164. The maximum absolute atomic E-state index is 13.0. The van der Waals surface area contributed by atoms with Crippen molar-refractivity contribution in [3.8, 4) is 0 Å². The lowest BCUT2D eigenvalue weighted by atomic mass is 9.89. The molecule has 0 bridgehead atoms. The number of nitrogens with zero attached hydrogens (tertiary/aromatic N) is 1. The highest BCUT2D eigenvalue weighted by molar-refractivity contribution is 5.19. The Morgan fingerprint density at radius 3 is 2.32 bits per heavy atom. The van der Waals surface area contributed by atoms with Crippen LogP contribution in [0.2, 0.25) is 0 Å².